The fourth-order valence-electron chi connectivity index (χ4n) is 4.94. The number of fused-ring (bicyclic) bond motifs is 2. The minimum atomic E-state index is -0.571. The molecule has 10 nitrogen and oxygen atoms in total. The molecule has 5 aromatic rings. The Morgan fingerprint density at radius 1 is 1.00 bits per heavy atom. The molecule has 1 atom stereocenters. The van der Waals surface area contributed by atoms with Crippen LogP contribution in [0.25, 0.3) is 10.9 Å². The number of H-pyrrole nitrogens is 1. The van der Waals surface area contributed by atoms with E-state index in [2.05, 4.69) is 42.5 Å². The summed E-state index contributed by atoms with van der Waals surface area (Å²) < 4.78 is 12.9. The summed E-state index contributed by atoms with van der Waals surface area (Å²) in [7, 11) is 0. The first-order valence-electron chi connectivity index (χ1n) is 12.8. The number of pyridine rings is 2. The van der Waals surface area contributed by atoms with E-state index in [0.717, 1.165) is 16.5 Å². The van der Waals surface area contributed by atoms with Crippen molar-refractivity contribution in [2.24, 2.45) is 0 Å². The lowest BCUT2D eigenvalue weighted by Crippen LogP contribution is -2.37. The SMILES string of the molecule is CC(C)(C)n1nnnc1[C@H](c1cc2cc3c(cc2[nH]c1=O)OCO3)N(Cc1ccccc1)Cc1cccnc1. The summed E-state index contributed by atoms with van der Waals surface area (Å²) in [5.74, 6) is 1.84. The van der Waals surface area contributed by atoms with Crippen LogP contribution in [0, 0.1) is 0 Å². The summed E-state index contributed by atoms with van der Waals surface area (Å²) in [4.78, 5) is 23.4. The molecule has 6 rings (SSSR count). The fourth-order valence-corrected chi connectivity index (χ4v) is 4.94. The van der Waals surface area contributed by atoms with Gasteiger partial charge in [-0.15, -0.1) is 5.10 Å². The summed E-state index contributed by atoms with van der Waals surface area (Å²) in [5.41, 5.74) is 2.67. The number of aromatic nitrogens is 6. The van der Waals surface area contributed by atoms with Crippen LogP contribution in [0.3, 0.4) is 0 Å². The quantitative estimate of drug-likeness (QED) is 0.338. The molecule has 0 bridgehead atoms. The average Bonchev–Trinajstić information content (AvgIpc) is 3.59. The van der Waals surface area contributed by atoms with Crippen LogP contribution < -0.4 is 15.0 Å². The maximum Gasteiger partial charge on any atom is 0.253 e. The molecule has 10 heteroatoms. The van der Waals surface area contributed by atoms with E-state index < -0.39 is 11.6 Å². The van der Waals surface area contributed by atoms with Crippen molar-refractivity contribution in [3.63, 3.8) is 0 Å². The molecule has 0 fully saturated rings. The minimum absolute atomic E-state index is 0.154. The lowest BCUT2D eigenvalue weighted by molar-refractivity contribution is 0.174. The molecule has 0 radical (unpaired) electrons. The zero-order chi connectivity index (χ0) is 27.0. The maximum atomic E-state index is 13.8. The molecule has 0 amide bonds. The van der Waals surface area contributed by atoms with Crippen LogP contribution in [0.1, 0.15) is 49.3 Å². The number of ether oxygens (including phenoxy) is 2. The zero-order valence-electron chi connectivity index (χ0n) is 22.0. The van der Waals surface area contributed by atoms with E-state index in [1.54, 1.807) is 16.9 Å². The lowest BCUT2D eigenvalue weighted by Gasteiger charge is -2.33. The van der Waals surface area contributed by atoms with E-state index in [1.165, 1.54) is 0 Å². The maximum absolute atomic E-state index is 13.8. The van der Waals surface area contributed by atoms with Gasteiger partial charge in [-0.3, -0.25) is 14.7 Å². The number of tetrazole rings is 1. The number of hydrogen-bond donors (Lipinski definition) is 1. The monoisotopic (exact) mass is 523 g/mol. The second kappa shape index (κ2) is 9.95. The predicted octanol–water partition coefficient (Wildman–Crippen LogP) is 4.19. The van der Waals surface area contributed by atoms with E-state index in [1.807, 2.05) is 69.4 Å². The first-order valence-corrected chi connectivity index (χ1v) is 12.8. The number of rotatable bonds is 7. The van der Waals surface area contributed by atoms with Crippen molar-refractivity contribution in [1.29, 1.82) is 0 Å². The van der Waals surface area contributed by atoms with Crippen LogP contribution in [0.5, 0.6) is 11.5 Å². The van der Waals surface area contributed by atoms with Crippen LogP contribution in [0.4, 0.5) is 0 Å². The normalized spacial score (nSPS) is 13.7. The Morgan fingerprint density at radius 3 is 2.49 bits per heavy atom. The van der Waals surface area contributed by atoms with E-state index >= 15 is 0 Å². The fraction of sp³-hybridized carbons (Fsp3) is 0.276. The Kier molecular flexibility index (Phi) is 6.32. The van der Waals surface area contributed by atoms with Crippen LogP contribution in [0.2, 0.25) is 0 Å². The van der Waals surface area contributed by atoms with Gasteiger partial charge in [0.2, 0.25) is 6.79 Å². The Hall–Kier alpha value is -4.57. The van der Waals surface area contributed by atoms with Crippen LogP contribution in [-0.2, 0) is 18.6 Å². The lowest BCUT2D eigenvalue weighted by atomic mass is 10.00. The molecule has 2 aromatic carbocycles. The highest BCUT2D eigenvalue weighted by Gasteiger charge is 2.34. The van der Waals surface area contributed by atoms with Crippen molar-refractivity contribution < 1.29 is 9.47 Å². The zero-order valence-corrected chi connectivity index (χ0v) is 22.0. The molecule has 1 aliphatic rings. The van der Waals surface area contributed by atoms with E-state index in [4.69, 9.17) is 9.47 Å². The summed E-state index contributed by atoms with van der Waals surface area (Å²) in [6.45, 7) is 7.34. The smallest absolute Gasteiger partial charge is 0.253 e. The number of nitrogens with one attached hydrogen (secondary N) is 1. The van der Waals surface area contributed by atoms with Gasteiger partial charge in [-0.25, -0.2) is 4.68 Å². The van der Waals surface area contributed by atoms with Crippen molar-refractivity contribution in [2.45, 2.75) is 45.4 Å². The van der Waals surface area contributed by atoms with Crippen LogP contribution >= 0.6 is 0 Å². The molecule has 4 heterocycles. The molecular weight excluding hydrogens is 494 g/mol. The Bertz CT molecular complexity index is 1620. The van der Waals surface area contributed by atoms with Gasteiger partial charge in [0.05, 0.1) is 11.1 Å². The van der Waals surface area contributed by atoms with Crippen molar-refractivity contribution >= 4 is 10.9 Å². The van der Waals surface area contributed by atoms with Gasteiger partial charge < -0.3 is 14.5 Å². The average molecular weight is 524 g/mol. The second-order valence-electron chi connectivity index (χ2n) is 10.6. The highest BCUT2D eigenvalue weighted by molar-refractivity contribution is 5.83. The first kappa shape index (κ1) is 24.7. The third kappa shape index (κ3) is 4.98. The Morgan fingerprint density at radius 2 is 1.74 bits per heavy atom. The minimum Gasteiger partial charge on any atom is -0.454 e. The molecule has 0 spiro atoms. The summed E-state index contributed by atoms with van der Waals surface area (Å²) >= 11 is 0. The van der Waals surface area contributed by atoms with Crippen LogP contribution in [-0.4, -0.2) is 41.9 Å². The molecule has 3 aromatic heterocycles. The molecule has 0 aliphatic carbocycles. The van der Waals surface area contributed by atoms with Gasteiger partial charge >= 0.3 is 0 Å². The highest BCUT2D eigenvalue weighted by Crippen LogP contribution is 2.37. The molecule has 1 aliphatic heterocycles. The third-order valence-corrected chi connectivity index (χ3v) is 6.74. The molecule has 198 valence electrons. The van der Waals surface area contributed by atoms with E-state index in [9.17, 15) is 4.79 Å². The Labute approximate surface area is 225 Å². The summed E-state index contributed by atoms with van der Waals surface area (Å²) in [5, 5.41) is 13.7. The predicted molar refractivity (Wildman–Crippen MR) is 145 cm³/mol. The van der Waals surface area contributed by atoms with Crippen molar-refractivity contribution in [1.82, 2.24) is 35.1 Å². The van der Waals surface area contributed by atoms with Crippen LogP contribution in [0.15, 0.2) is 77.9 Å². The number of aromatic amines is 1. The molecule has 1 N–H and O–H groups in total. The third-order valence-electron chi connectivity index (χ3n) is 6.74. The van der Waals surface area contributed by atoms with Gasteiger partial charge in [0.15, 0.2) is 17.3 Å². The largest absolute Gasteiger partial charge is 0.454 e. The molecular formula is C29H29N7O3. The van der Waals surface area contributed by atoms with Crippen molar-refractivity contribution in [2.75, 3.05) is 6.79 Å². The van der Waals surface area contributed by atoms with Gasteiger partial charge in [-0.1, -0.05) is 36.4 Å². The molecule has 0 saturated heterocycles. The first-order chi connectivity index (χ1) is 18.9. The second-order valence-corrected chi connectivity index (χ2v) is 10.6. The number of hydrogen-bond acceptors (Lipinski definition) is 8. The molecule has 0 saturated carbocycles. The van der Waals surface area contributed by atoms with Gasteiger partial charge in [0, 0.05) is 42.5 Å². The van der Waals surface area contributed by atoms with Gasteiger partial charge in [-0.2, -0.15) is 0 Å². The van der Waals surface area contributed by atoms with E-state index in [-0.39, 0.29) is 12.4 Å². The van der Waals surface area contributed by atoms with Gasteiger partial charge in [-0.05, 0) is 60.5 Å². The van der Waals surface area contributed by atoms with Gasteiger partial charge in [0.1, 0.15) is 6.04 Å². The molecule has 0 unspecified atom stereocenters. The standard InChI is InChI=1S/C29H29N7O3/c1-29(2,3)36-27(32-33-34-36)26(22-12-21-13-24-25(39-18-38-24)14-23(21)31-28(22)37)35(16-19-8-5-4-6-9-19)17-20-10-7-11-30-15-20/h4-15,26H,16-18H2,1-3H3,(H,31,37)/t26-/m0/s1. The number of nitrogens with zero attached hydrogens (tertiary/aromatic N) is 6. The highest BCUT2D eigenvalue weighted by atomic mass is 16.7. The summed E-state index contributed by atoms with van der Waals surface area (Å²) in [6.07, 6.45) is 3.59. The molecule has 39 heavy (non-hydrogen) atoms. The van der Waals surface area contributed by atoms with Gasteiger partial charge in [0.25, 0.3) is 5.56 Å². The Balaban J connectivity index is 1.56. The van der Waals surface area contributed by atoms with Crippen molar-refractivity contribution in [3.05, 3.63) is 106 Å². The van der Waals surface area contributed by atoms with E-state index in [0.29, 0.717) is 41.5 Å². The van der Waals surface area contributed by atoms with Crippen molar-refractivity contribution in [3.8, 4) is 11.5 Å². The summed E-state index contributed by atoms with van der Waals surface area (Å²) in [6, 6.07) is 19.1. The number of benzene rings is 2. The topological polar surface area (TPSA) is 111 Å².